The number of anilines is 1. The first-order valence-corrected chi connectivity index (χ1v) is 10.3. The molecule has 0 atom stereocenters. The highest BCUT2D eigenvalue weighted by atomic mass is 127. The van der Waals surface area contributed by atoms with Gasteiger partial charge in [-0.1, -0.05) is 12.1 Å². The number of rotatable bonds is 7. The summed E-state index contributed by atoms with van der Waals surface area (Å²) in [6.07, 6.45) is 3.90. The maximum atomic E-state index is 11.2. The normalized spacial score (nSPS) is 14.2. The van der Waals surface area contributed by atoms with E-state index >= 15 is 0 Å². The van der Waals surface area contributed by atoms with E-state index < -0.39 is 5.91 Å². The molecule has 2 heterocycles. The van der Waals surface area contributed by atoms with Gasteiger partial charge < -0.3 is 25.3 Å². The molecule has 0 unspecified atom stereocenters. The summed E-state index contributed by atoms with van der Waals surface area (Å²) in [7, 11) is 2.01. The van der Waals surface area contributed by atoms with Crippen molar-refractivity contribution in [1.29, 1.82) is 0 Å². The topological polar surface area (TPSA) is 87.1 Å². The van der Waals surface area contributed by atoms with Crippen LogP contribution in [0.4, 0.5) is 5.69 Å². The third kappa shape index (κ3) is 6.65. The summed E-state index contributed by atoms with van der Waals surface area (Å²) >= 11 is 0. The first-order chi connectivity index (χ1) is 14.1. The lowest BCUT2D eigenvalue weighted by Gasteiger charge is -2.29. The summed E-state index contributed by atoms with van der Waals surface area (Å²) in [5.41, 5.74) is 7.77. The lowest BCUT2D eigenvalue weighted by molar-refractivity contribution is 0.0972. The first kappa shape index (κ1) is 24.0. The lowest BCUT2D eigenvalue weighted by atomic mass is 10.1. The summed E-state index contributed by atoms with van der Waals surface area (Å²) in [5, 5.41) is 3.30. The van der Waals surface area contributed by atoms with Crippen molar-refractivity contribution in [2.75, 3.05) is 31.6 Å². The molecule has 3 N–H and O–H groups in total. The van der Waals surface area contributed by atoms with Gasteiger partial charge in [0.1, 0.15) is 12.3 Å². The summed E-state index contributed by atoms with van der Waals surface area (Å²) in [5.74, 6) is 0.970. The van der Waals surface area contributed by atoms with Crippen molar-refractivity contribution >= 4 is 41.5 Å². The molecule has 1 saturated heterocycles. The third-order valence-corrected chi connectivity index (χ3v) is 5.06. The van der Waals surface area contributed by atoms with Gasteiger partial charge in [-0.15, -0.1) is 24.0 Å². The predicted molar refractivity (Wildman–Crippen MR) is 131 cm³/mol. The molecule has 7 nitrogen and oxygen atoms in total. The van der Waals surface area contributed by atoms with E-state index in [0.717, 1.165) is 32.1 Å². The number of amides is 1. The molecular formula is C22H32IN5O2. The standard InChI is InChI=1S/C22H31N5O2.HI/c1-3-24-22(25-15-19-11-12-20(29-19)21(23)28)26(2)16-17-7-9-18(10-8-17)27-13-5-4-6-14-27;/h7-12H,3-6,13-16H2,1-2H3,(H2,23,28)(H,24,25);1H. The minimum atomic E-state index is -0.572. The number of aliphatic imine (C=N–C) groups is 1. The van der Waals surface area contributed by atoms with Crippen molar-refractivity contribution in [3.8, 4) is 0 Å². The summed E-state index contributed by atoms with van der Waals surface area (Å²) < 4.78 is 5.41. The zero-order valence-corrected chi connectivity index (χ0v) is 20.1. The van der Waals surface area contributed by atoms with E-state index in [2.05, 4.69) is 44.4 Å². The third-order valence-electron chi connectivity index (χ3n) is 5.06. The number of hydrogen-bond acceptors (Lipinski definition) is 4. The quantitative estimate of drug-likeness (QED) is 0.328. The monoisotopic (exact) mass is 525 g/mol. The minimum Gasteiger partial charge on any atom is -0.454 e. The number of hydrogen-bond donors (Lipinski definition) is 2. The van der Waals surface area contributed by atoms with Gasteiger partial charge in [-0.2, -0.15) is 0 Å². The Morgan fingerprint density at radius 3 is 2.47 bits per heavy atom. The zero-order valence-electron chi connectivity index (χ0n) is 17.8. The largest absolute Gasteiger partial charge is 0.454 e. The number of primary amides is 1. The van der Waals surface area contributed by atoms with Crippen LogP contribution in [0.1, 0.15) is 48.1 Å². The molecule has 1 aliphatic heterocycles. The predicted octanol–water partition coefficient (Wildman–Crippen LogP) is 3.58. The van der Waals surface area contributed by atoms with E-state index in [9.17, 15) is 4.79 Å². The second-order valence-electron chi connectivity index (χ2n) is 7.37. The van der Waals surface area contributed by atoms with Gasteiger partial charge in [0.05, 0.1) is 0 Å². The van der Waals surface area contributed by atoms with Crippen molar-refractivity contribution < 1.29 is 9.21 Å². The van der Waals surface area contributed by atoms with Crippen molar-refractivity contribution in [1.82, 2.24) is 10.2 Å². The van der Waals surface area contributed by atoms with E-state index in [4.69, 9.17) is 10.2 Å². The Morgan fingerprint density at radius 1 is 1.17 bits per heavy atom. The second kappa shape index (κ2) is 11.8. The maximum Gasteiger partial charge on any atom is 0.284 e. The van der Waals surface area contributed by atoms with Crippen LogP contribution in [0.25, 0.3) is 0 Å². The van der Waals surface area contributed by atoms with Crippen LogP contribution in [0.2, 0.25) is 0 Å². The van der Waals surface area contributed by atoms with Crippen LogP contribution in [0.5, 0.6) is 0 Å². The number of nitrogens with two attached hydrogens (primary N) is 1. The number of carbonyl (C=O) groups is 1. The fourth-order valence-electron chi connectivity index (χ4n) is 3.53. The Labute approximate surface area is 195 Å². The summed E-state index contributed by atoms with van der Waals surface area (Å²) in [6, 6.07) is 12.1. The van der Waals surface area contributed by atoms with Crippen LogP contribution in [-0.4, -0.2) is 43.4 Å². The lowest BCUT2D eigenvalue weighted by Crippen LogP contribution is -2.38. The molecule has 0 radical (unpaired) electrons. The second-order valence-corrected chi connectivity index (χ2v) is 7.37. The fourth-order valence-corrected chi connectivity index (χ4v) is 3.53. The molecule has 1 fully saturated rings. The molecule has 1 amide bonds. The molecule has 8 heteroatoms. The van der Waals surface area contributed by atoms with Gasteiger partial charge >= 0.3 is 0 Å². The summed E-state index contributed by atoms with van der Waals surface area (Å²) in [4.78, 5) is 20.3. The van der Waals surface area contributed by atoms with Gasteiger partial charge in [0, 0.05) is 38.9 Å². The molecule has 30 heavy (non-hydrogen) atoms. The molecule has 0 bridgehead atoms. The number of nitrogens with one attached hydrogen (secondary N) is 1. The number of nitrogens with zero attached hydrogens (tertiary/aromatic N) is 3. The molecule has 1 aromatic heterocycles. The molecule has 2 aromatic rings. The average Bonchev–Trinajstić information content (AvgIpc) is 3.22. The number of guanidine groups is 1. The van der Waals surface area contributed by atoms with Gasteiger partial charge in [-0.3, -0.25) is 4.79 Å². The number of piperidine rings is 1. The molecule has 164 valence electrons. The van der Waals surface area contributed by atoms with Crippen molar-refractivity contribution in [2.45, 2.75) is 39.3 Å². The molecule has 3 rings (SSSR count). The number of carbonyl (C=O) groups excluding carboxylic acids is 1. The highest BCUT2D eigenvalue weighted by Gasteiger charge is 2.12. The Hall–Kier alpha value is -2.23. The molecule has 0 saturated carbocycles. The molecule has 0 spiro atoms. The Bertz CT molecular complexity index is 828. The van der Waals surface area contributed by atoms with Crippen LogP contribution in [-0.2, 0) is 13.1 Å². The average molecular weight is 525 g/mol. The fraction of sp³-hybridized carbons (Fsp3) is 0.455. The van der Waals surface area contributed by atoms with Crippen LogP contribution in [0.15, 0.2) is 45.8 Å². The van der Waals surface area contributed by atoms with E-state index in [1.807, 2.05) is 14.0 Å². The van der Waals surface area contributed by atoms with E-state index in [0.29, 0.717) is 12.3 Å². The van der Waals surface area contributed by atoms with E-state index in [1.165, 1.54) is 30.5 Å². The number of furan rings is 1. The van der Waals surface area contributed by atoms with Gasteiger partial charge in [0.15, 0.2) is 11.7 Å². The molecule has 0 aliphatic carbocycles. The highest BCUT2D eigenvalue weighted by molar-refractivity contribution is 14.0. The Balaban J connectivity index is 0.00000320. The van der Waals surface area contributed by atoms with Crippen LogP contribution in [0.3, 0.4) is 0 Å². The highest BCUT2D eigenvalue weighted by Crippen LogP contribution is 2.20. The Morgan fingerprint density at radius 2 is 1.87 bits per heavy atom. The molecule has 1 aromatic carbocycles. The smallest absolute Gasteiger partial charge is 0.284 e. The van der Waals surface area contributed by atoms with Crippen molar-refractivity contribution in [3.63, 3.8) is 0 Å². The first-order valence-electron chi connectivity index (χ1n) is 10.3. The van der Waals surface area contributed by atoms with Crippen LogP contribution >= 0.6 is 24.0 Å². The zero-order chi connectivity index (χ0) is 20.6. The van der Waals surface area contributed by atoms with Crippen LogP contribution < -0.4 is 16.0 Å². The van der Waals surface area contributed by atoms with Gasteiger partial charge in [-0.25, -0.2) is 4.99 Å². The summed E-state index contributed by atoms with van der Waals surface area (Å²) in [6.45, 7) is 6.20. The maximum absolute atomic E-state index is 11.2. The Kier molecular flexibility index (Phi) is 9.48. The SMILES string of the molecule is CCNC(=NCc1ccc(C(N)=O)o1)N(C)Cc1ccc(N2CCCCC2)cc1.I. The van der Waals surface area contributed by atoms with Crippen molar-refractivity contribution in [2.24, 2.45) is 10.7 Å². The number of benzene rings is 1. The molecule has 1 aliphatic rings. The van der Waals surface area contributed by atoms with Gasteiger partial charge in [0.25, 0.3) is 5.91 Å². The van der Waals surface area contributed by atoms with Gasteiger partial charge in [-0.05, 0) is 56.0 Å². The van der Waals surface area contributed by atoms with Crippen molar-refractivity contribution in [3.05, 3.63) is 53.5 Å². The van der Waals surface area contributed by atoms with Gasteiger partial charge in [0.2, 0.25) is 0 Å². The van der Waals surface area contributed by atoms with E-state index in [-0.39, 0.29) is 29.7 Å². The molecular weight excluding hydrogens is 493 g/mol. The van der Waals surface area contributed by atoms with Crippen LogP contribution in [0, 0.1) is 0 Å². The number of halogens is 1. The van der Waals surface area contributed by atoms with E-state index in [1.54, 1.807) is 12.1 Å². The minimum absolute atomic E-state index is 0.